The standard InChI is InChI=1S/C11H16N2O/c1-9(12-2)4-3-5-10-6-7-11(14)13-8-10/h3,5-9,12H,4H2,1-2H3,(H,13,14)/b5-3+. The van der Waals surface area contributed by atoms with Gasteiger partial charge in [0.05, 0.1) is 0 Å². The van der Waals surface area contributed by atoms with Gasteiger partial charge in [0, 0.05) is 18.3 Å². The number of nitrogens with one attached hydrogen (secondary N) is 1. The molecule has 3 heteroatoms. The van der Waals surface area contributed by atoms with Gasteiger partial charge < -0.3 is 10.4 Å². The highest BCUT2D eigenvalue weighted by Crippen LogP contribution is 2.07. The van der Waals surface area contributed by atoms with Gasteiger partial charge in [-0.2, -0.15) is 0 Å². The first-order chi connectivity index (χ1) is 6.72. The lowest BCUT2D eigenvalue weighted by Gasteiger charge is -2.04. The molecule has 0 aromatic carbocycles. The Labute approximate surface area is 84.5 Å². The molecule has 0 aliphatic carbocycles. The Kier molecular flexibility index (Phi) is 4.13. The minimum Gasteiger partial charge on any atom is -0.493 e. The van der Waals surface area contributed by atoms with Crippen LogP contribution in [0.1, 0.15) is 18.9 Å². The van der Waals surface area contributed by atoms with Crippen LogP contribution < -0.4 is 5.32 Å². The number of hydrogen-bond acceptors (Lipinski definition) is 3. The molecule has 0 aliphatic heterocycles. The Balaban J connectivity index is 2.48. The molecule has 1 unspecified atom stereocenters. The van der Waals surface area contributed by atoms with Gasteiger partial charge in [-0.1, -0.05) is 12.2 Å². The minimum atomic E-state index is 0.0609. The molecular weight excluding hydrogens is 176 g/mol. The molecule has 1 rings (SSSR count). The zero-order chi connectivity index (χ0) is 10.4. The molecule has 0 saturated carbocycles. The van der Waals surface area contributed by atoms with Crippen molar-refractivity contribution < 1.29 is 5.11 Å². The highest BCUT2D eigenvalue weighted by Gasteiger charge is 1.93. The SMILES string of the molecule is CNC(C)C/C=C/c1ccc(O)nc1. The summed E-state index contributed by atoms with van der Waals surface area (Å²) in [6, 6.07) is 3.90. The molecule has 2 N–H and O–H groups in total. The lowest BCUT2D eigenvalue weighted by molar-refractivity contribution is 0.453. The summed E-state index contributed by atoms with van der Waals surface area (Å²) in [7, 11) is 1.95. The molecule has 0 aliphatic rings. The molecule has 0 amide bonds. The summed E-state index contributed by atoms with van der Waals surface area (Å²) < 4.78 is 0. The van der Waals surface area contributed by atoms with Crippen LogP contribution in [0.15, 0.2) is 24.4 Å². The largest absolute Gasteiger partial charge is 0.493 e. The summed E-state index contributed by atoms with van der Waals surface area (Å²) in [4.78, 5) is 3.79. The first kappa shape index (κ1) is 10.7. The van der Waals surface area contributed by atoms with Crippen LogP contribution in [0.2, 0.25) is 0 Å². The summed E-state index contributed by atoms with van der Waals surface area (Å²) in [5.74, 6) is 0.0609. The molecule has 0 radical (unpaired) electrons. The van der Waals surface area contributed by atoms with E-state index in [0.29, 0.717) is 6.04 Å². The molecule has 0 bridgehead atoms. The smallest absolute Gasteiger partial charge is 0.210 e. The minimum absolute atomic E-state index is 0.0609. The maximum absolute atomic E-state index is 8.96. The molecular formula is C11H16N2O. The van der Waals surface area contributed by atoms with Gasteiger partial charge >= 0.3 is 0 Å². The average Bonchev–Trinajstić information content (AvgIpc) is 2.21. The Bertz CT molecular complexity index is 293. The van der Waals surface area contributed by atoms with Crippen LogP contribution in [0.3, 0.4) is 0 Å². The Morgan fingerprint density at radius 1 is 1.57 bits per heavy atom. The third-order valence-electron chi connectivity index (χ3n) is 2.06. The predicted molar refractivity (Wildman–Crippen MR) is 58.1 cm³/mol. The second kappa shape index (κ2) is 5.40. The second-order valence-corrected chi connectivity index (χ2v) is 3.28. The van der Waals surface area contributed by atoms with Crippen molar-refractivity contribution in [1.29, 1.82) is 0 Å². The lowest BCUT2D eigenvalue weighted by Crippen LogP contribution is -2.19. The van der Waals surface area contributed by atoms with E-state index in [1.807, 2.05) is 19.2 Å². The Hall–Kier alpha value is -1.35. The van der Waals surface area contributed by atoms with E-state index in [1.54, 1.807) is 12.3 Å². The fraction of sp³-hybridized carbons (Fsp3) is 0.364. The fourth-order valence-corrected chi connectivity index (χ4v) is 1.02. The van der Waals surface area contributed by atoms with Gasteiger partial charge in [0.25, 0.3) is 0 Å². The van der Waals surface area contributed by atoms with Crippen LogP contribution in [0, 0.1) is 0 Å². The summed E-state index contributed by atoms with van der Waals surface area (Å²) in [6.07, 6.45) is 6.72. The van der Waals surface area contributed by atoms with Gasteiger partial charge in [-0.15, -0.1) is 0 Å². The van der Waals surface area contributed by atoms with Gasteiger partial charge in [0.1, 0.15) is 0 Å². The number of rotatable bonds is 4. The van der Waals surface area contributed by atoms with Crippen LogP contribution in [0.4, 0.5) is 0 Å². The first-order valence-electron chi connectivity index (χ1n) is 4.71. The van der Waals surface area contributed by atoms with E-state index in [0.717, 1.165) is 12.0 Å². The molecule has 1 atom stereocenters. The van der Waals surface area contributed by atoms with Crippen molar-refractivity contribution in [3.05, 3.63) is 30.0 Å². The Morgan fingerprint density at radius 2 is 2.36 bits per heavy atom. The van der Waals surface area contributed by atoms with Crippen LogP contribution in [0.5, 0.6) is 5.88 Å². The highest BCUT2D eigenvalue weighted by atomic mass is 16.3. The molecule has 0 fully saturated rings. The van der Waals surface area contributed by atoms with Gasteiger partial charge in [0.15, 0.2) is 0 Å². The molecule has 1 aromatic rings. The van der Waals surface area contributed by atoms with Crippen molar-refractivity contribution in [3.8, 4) is 5.88 Å². The number of hydrogen-bond donors (Lipinski definition) is 2. The van der Waals surface area contributed by atoms with Crippen molar-refractivity contribution >= 4 is 6.08 Å². The predicted octanol–water partition coefficient (Wildman–Crippen LogP) is 1.80. The van der Waals surface area contributed by atoms with E-state index in [1.165, 1.54) is 0 Å². The maximum atomic E-state index is 8.96. The zero-order valence-electron chi connectivity index (χ0n) is 8.57. The Morgan fingerprint density at radius 3 is 2.93 bits per heavy atom. The number of aromatic hydroxyl groups is 1. The maximum Gasteiger partial charge on any atom is 0.210 e. The van der Waals surface area contributed by atoms with Crippen molar-refractivity contribution in [2.45, 2.75) is 19.4 Å². The monoisotopic (exact) mass is 192 g/mol. The van der Waals surface area contributed by atoms with Gasteiger partial charge in [-0.25, -0.2) is 4.98 Å². The molecule has 76 valence electrons. The van der Waals surface area contributed by atoms with Crippen LogP contribution in [-0.4, -0.2) is 23.2 Å². The average molecular weight is 192 g/mol. The fourth-order valence-electron chi connectivity index (χ4n) is 1.02. The molecule has 0 spiro atoms. The number of pyridine rings is 1. The summed E-state index contributed by atoms with van der Waals surface area (Å²) in [5, 5.41) is 12.1. The van der Waals surface area contributed by atoms with E-state index in [4.69, 9.17) is 5.11 Å². The molecule has 3 nitrogen and oxygen atoms in total. The summed E-state index contributed by atoms with van der Waals surface area (Å²) in [5.41, 5.74) is 1.01. The first-order valence-corrected chi connectivity index (χ1v) is 4.71. The zero-order valence-corrected chi connectivity index (χ0v) is 8.57. The quantitative estimate of drug-likeness (QED) is 0.764. The topological polar surface area (TPSA) is 45.1 Å². The van der Waals surface area contributed by atoms with Crippen molar-refractivity contribution in [2.24, 2.45) is 0 Å². The van der Waals surface area contributed by atoms with E-state index >= 15 is 0 Å². The summed E-state index contributed by atoms with van der Waals surface area (Å²) in [6.45, 7) is 2.12. The van der Waals surface area contributed by atoms with Crippen molar-refractivity contribution in [2.75, 3.05) is 7.05 Å². The van der Waals surface area contributed by atoms with Gasteiger partial charge in [-0.3, -0.25) is 0 Å². The second-order valence-electron chi connectivity index (χ2n) is 3.28. The van der Waals surface area contributed by atoms with E-state index in [9.17, 15) is 0 Å². The van der Waals surface area contributed by atoms with Crippen molar-refractivity contribution in [1.82, 2.24) is 10.3 Å². The molecule has 14 heavy (non-hydrogen) atoms. The molecule has 1 heterocycles. The lowest BCUT2D eigenvalue weighted by atomic mass is 10.2. The van der Waals surface area contributed by atoms with Crippen LogP contribution >= 0.6 is 0 Å². The van der Waals surface area contributed by atoms with Crippen LogP contribution in [-0.2, 0) is 0 Å². The van der Waals surface area contributed by atoms with E-state index in [2.05, 4.69) is 23.3 Å². The van der Waals surface area contributed by atoms with Gasteiger partial charge in [-0.05, 0) is 32.0 Å². The van der Waals surface area contributed by atoms with E-state index < -0.39 is 0 Å². The number of nitrogens with zero attached hydrogens (tertiary/aromatic N) is 1. The summed E-state index contributed by atoms with van der Waals surface area (Å²) >= 11 is 0. The normalized spacial score (nSPS) is 13.3. The van der Waals surface area contributed by atoms with Crippen molar-refractivity contribution in [3.63, 3.8) is 0 Å². The third kappa shape index (κ3) is 3.58. The molecule has 0 saturated heterocycles. The molecule has 1 aromatic heterocycles. The highest BCUT2D eigenvalue weighted by molar-refractivity contribution is 5.48. The van der Waals surface area contributed by atoms with Crippen LogP contribution in [0.25, 0.3) is 6.08 Å². The van der Waals surface area contributed by atoms with E-state index in [-0.39, 0.29) is 5.88 Å². The van der Waals surface area contributed by atoms with Gasteiger partial charge in [0.2, 0.25) is 5.88 Å². The third-order valence-corrected chi connectivity index (χ3v) is 2.06. The number of aromatic nitrogens is 1.